The standard InChI is InChI=1S/C11H8N2O3/c12-6-5-9(8-14)7-10-3-1-2-4-11(10)13(15)16/h1-5,12H,7H2/b9-5-,12-6?. The van der Waals surface area contributed by atoms with Crippen LogP contribution in [0.1, 0.15) is 5.56 Å². The molecule has 5 nitrogen and oxygen atoms in total. The third kappa shape index (κ3) is 2.84. The van der Waals surface area contributed by atoms with Gasteiger partial charge in [-0.15, -0.1) is 0 Å². The lowest BCUT2D eigenvalue weighted by molar-refractivity contribution is -0.385. The van der Waals surface area contributed by atoms with Crippen molar-refractivity contribution in [3.63, 3.8) is 0 Å². The molecule has 0 heterocycles. The Bertz CT molecular complexity index is 452. The van der Waals surface area contributed by atoms with E-state index in [4.69, 9.17) is 5.41 Å². The second-order valence-electron chi connectivity index (χ2n) is 2.98. The van der Waals surface area contributed by atoms with Gasteiger partial charge < -0.3 is 0 Å². The first kappa shape index (κ1) is 11.8. The molecule has 2 radical (unpaired) electrons. The Kier molecular flexibility index (Phi) is 4.08. The highest BCUT2D eigenvalue weighted by molar-refractivity contribution is 5.83. The fraction of sp³-hybridized carbons (Fsp3) is 0.0909. The van der Waals surface area contributed by atoms with Crippen LogP contribution in [0.15, 0.2) is 35.9 Å². The van der Waals surface area contributed by atoms with Crippen LogP contribution in [-0.4, -0.2) is 17.4 Å². The number of rotatable bonds is 5. The zero-order valence-corrected chi connectivity index (χ0v) is 8.27. The summed E-state index contributed by atoms with van der Waals surface area (Å²) in [5, 5.41) is 17.4. The number of carbonyl (C=O) groups excluding carboxylic acids is 1. The van der Waals surface area contributed by atoms with Gasteiger partial charge in [0.1, 0.15) is 0 Å². The minimum atomic E-state index is -0.508. The summed E-state index contributed by atoms with van der Waals surface area (Å²) >= 11 is 0. The van der Waals surface area contributed by atoms with E-state index in [1.165, 1.54) is 6.07 Å². The highest BCUT2D eigenvalue weighted by atomic mass is 16.6. The molecule has 1 rings (SSSR count). The van der Waals surface area contributed by atoms with E-state index in [1.54, 1.807) is 24.5 Å². The molecule has 0 bridgehead atoms. The van der Waals surface area contributed by atoms with E-state index in [2.05, 4.69) is 0 Å². The Morgan fingerprint density at radius 3 is 2.75 bits per heavy atom. The first-order chi connectivity index (χ1) is 7.69. The van der Waals surface area contributed by atoms with Gasteiger partial charge in [0.2, 0.25) is 6.29 Å². The molecular weight excluding hydrogens is 208 g/mol. The predicted molar refractivity (Wildman–Crippen MR) is 58.3 cm³/mol. The molecule has 0 fully saturated rings. The van der Waals surface area contributed by atoms with Crippen LogP contribution in [0.2, 0.25) is 0 Å². The predicted octanol–water partition coefficient (Wildman–Crippen LogP) is 1.70. The molecule has 5 heteroatoms. The lowest BCUT2D eigenvalue weighted by Gasteiger charge is -2.00. The molecule has 0 unspecified atom stereocenters. The summed E-state index contributed by atoms with van der Waals surface area (Å²) in [4.78, 5) is 20.7. The minimum Gasteiger partial charge on any atom is -0.299 e. The van der Waals surface area contributed by atoms with Crippen LogP contribution in [0.25, 0.3) is 0 Å². The molecule has 0 saturated carbocycles. The van der Waals surface area contributed by atoms with E-state index in [-0.39, 0.29) is 17.7 Å². The molecule has 1 aromatic carbocycles. The second-order valence-corrected chi connectivity index (χ2v) is 2.98. The maximum absolute atomic E-state index is 10.7. The van der Waals surface area contributed by atoms with Crippen molar-refractivity contribution in [3.05, 3.63) is 51.6 Å². The number of nitrogens with zero attached hydrogens (tertiary/aromatic N) is 1. The zero-order valence-electron chi connectivity index (χ0n) is 8.27. The number of benzene rings is 1. The molecule has 0 aliphatic rings. The van der Waals surface area contributed by atoms with Crippen LogP contribution >= 0.6 is 0 Å². The van der Waals surface area contributed by atoms with Gasteiger partial charge in [-0.1, -0.05) is 18.2 Å². The van der Waals surface area contributed by atoms with E-state index in [0.717, 1.165) is 6.08 Å². The van der Waals surface area contributed by atoms with Gasteiger partial charge in [-0.2, -0.15) is 0 Å². The molecular formula is C11H8N2O3. The number of allylic oxidation sites excluding steroid dienone is 2. The van der Waals surface area contributed by atoms with Crippen LogP contribution in [0.5, 0.6) is 0 Å². The summed E-state index contributed by atoms with van der Waals surface area (Å²) in [5.41, 5.74) is 0.523. The third-order valence-corrected chi connectivity index (χ3v) is 1.95. The average molecular weight is 216 g/mol. The van der Waals surface area contributed by atoms with Crippen molar-refractivity contribution >= 4 is 18.2 Å². The molecule has 0 spiro atoms. The molecule has 1 aromatic rings. The van der Waals surface area contributed by atoms with Gasteiger partial charge in [0, 0.05) is 23.6 Å². The van der Waals surface area contributed by atoms with Gasteiger partial charge in [-0.3, -0.25) is 20.3 Å². The van der Waals surface area contributed by atoms with Crippen LogP contribution in [0.3, 0.4) is 0 Å². The molecule has 0 amide bonds. The van der Waals surface area contributed by atoms with Crippen molar-refractivity contribution in [2.45, 2.75) is 6.42 Å². The maximum atomic E-state index is 10.7. The number of hydrogen-bond acceptors (Lipinski definition) is 4. The summed E-state index contributed by atoms with van der Waals surface area (Å²) < 4.78 is 0. The van der Waals surface area contributed by atoms with E-state index in [1.807, 2.05) is 6.21 Å². The number of nitro groups is 1. The molecule has 0 aliphatic carbocycles. The molecule has 16 heavy (non-hydrogen) atoms. The Hall–Kier alpha value is -2.30. The van der Waals surface area contributed by atoms with E-state index in [0.29, 0.717) is 5.56 Å². The highest BCUT2D eigenvalue weighted by Gasteiger charge is 2.13. The average Bonchev–Trinajstić information content (AvgIpc) is 2.29. The normalized spacial score (nSPS) is 10.9. The molecule has 80 valence electrons. The lowest BCUT2D eigenvalue weighted by atomic mass is 10.0. The van der Waals surface area contributed by atoms with E-state index in [9.17, 15) is 14.9 Å². The largest absolute Gasteiger partial charge is 0.299 e. The van der Waals surface area contributed by atoms with Crippen LogP contribution in [0.4, 0.5) is 5.69 Å². The molecule has 0 saturated heterocycles. The van der Waals surface area contributed by atoms with Crippen LogP contribution in [-0.2, 0) is 11.2 Å². The Morgan fingerprint density at radius 2 is 2.19 bits per heavy atom. The fourth-order valence-electron chi connectivity index (χ4n) is 1.25. The monoisotopic (exact) mass is 216 g/mol. The van der Waals surface area contributed by atoms with E-state index < -0.39 is 4.92 Å². The highest BCUT2D eigenvalue weighted by Crippen LogP contribution is 2.20. The number of nitrogens with one attached hydrogen (secondary N) is 1. The zero-order chi connectivity index (χ0) is 12.0. The first-order valence-electron chi connectivity index (χ1n) is 4.40. The minimum absolute atomic E-state index is 0.0476. The maximum Gasteiger partial charge on any atom is 0.272 e. The lowest BCUT2D eigenvalue weighted by Crippen LogP contribution is -1.98. The van der Waals surface area contributed by atoms with Gasteiger partial charge >= 0.3 is 0 Å². The summed E-state index contributed by atoms with van der Waals surface area (Å²) in [6.45, 7) is 0. The Balaban J connectivity index is 3.05. The summed E-state index contributed by atoms with van der Waals surface area (Å²) in [7, 11) is 0. The van der Waals surface area contributed by atoms with Crippen molar-refractivity contribution in [1.82, 2.24) is 0 Å². The molecule has 1 N–H and O–H groups in total. The van der Waals surface area contributed by atoms with Crippen molar-refractivity contribution in [2.75, 3.05) is 0 Å². The quantitative estimate of drug-likeness (QED) is 0.352. The van der Waals surface area contributed by atoms with Crippen LogP contribution < -0.4 is 0 Å². The summed E-state index contributed by atoms with van der Waals surface area (Å²) in [5.74, 6) is 0. The smallest absolute Gasteiger partial charge is 0.272 e. The third-order valence-electron chi connectivity index (χ3n) is 1.95. The van der Waals surface area contributed by atoms with Gasteiger partial charge in [-0.05, 0) is 6.08 Å². The van der Waals surface area contributed by atoms with Crippen LogP contribution in [0, 0.1) is 15.5 Å². The van der Waals surface area contributed by atoms with Gasteiger partial charge in [0.25, 0.3) is 5.69 Å². The molecule has 0 aliphatic heterocycles. The topological polar surface area (TPSA) is 84.1 Å². The van der Waals surface area contributed by atoms with Crippen molar-refractivity contribution < 1.29 is 9.72 Å². The fourth-order valence-corrected chi connectivity index (χ4v) is 1.25. The van der Waals surface area contributed by atoms with Gasteiger partial charge in [0.05, 0.1) is 11.1 Å². The summed E-state index contributed by atoms with van der Waals surface area (Å²) in [6, 6.07) is 6.14. The van der Waals surface area contributed by atoms with Gasteiger partial charge in [0.15, 0.2) is 0 Å². The van der Waals surface area contributed by atoms with Crippen molar-refractivity contribution in [1.29, 1.82) is 5.41 Å². The second kappa shape index (κ2) is 5.55. The number of para-hydroxylation sites is 1. The summed E-state index contributed by atoms with van der Waals surface area (Å²) in [6.07, 6.45) is 4.79. The number of hydrogen-bond donors (Lipinski definition) is 1. The SMILES string of the molecule is N=[C]/C=C(\[C]=O)Cc1ccccc1[N+](=O)[O-]. The Labute approximate surface area is 92.1 Å². The molecule has 0 atom stereocenters. The Morgan fingerprint density at radius 1 is 1.50 bits per heavy atom. The first-order valence-corrected chi connectivity index (χ1v) is 4.40. The van der Waals surface area contributed by atoms with Crippen molar-refractivity contribution in [3.8, 4) is 0 Å². The number of nitro benzene ring substituents is 1. The van der Waals surface area contributed by atoms with Gasteiger partial charge in [-0.25, -0.2) is 0 Å². The van der Waals surface area contributed by atoms with Crippen molar-refractivity contribution in [2.24, 2.45) is 0 Å². The van der Waals surface area contributed by atoms with E-state index >= 15 is 0 Å². The molecule has 0 aromatic heterocycles.